The Hall–Kier alpha value is -3.45. The third-order valence-corrected chi connectivity index (χ3v) is 6.19. The van der Waals surface area contributed by atoms with E-state index in [2.05, 4.69) is 25.0 Å². The molecule has 1 aromatic carbocycles. The fraction of sp³-hybridized carbons (Fsp3) is 0.381. The Morgan fingerprint density at radius 1 is 1.22 bits per heavy atom. The van der Waals surface area contributed by atoms with Gasteiger partial charge in [0.1, 0.15) is 17.6 Å². The van der Waals surface area contributed by atoms with Crippen LogP contribution in [-0.2, 0) is 18.7 Å². The van der Waals surface area contributed by atoms with Crippen LogP contribution in [-0.4, -0.2) is 66.8 Å². The van der Waals surface area contributed by atoms with E-state index in [0.29, 0.717) is 42.3 Å². The van der Waals surface area contributed by atoms with Gasteiger partial charge < -0.3 is 28.5 Å². The number of cyclic esters (lactones) is 1. The number of benzene rings is 1. The van der Waals surface area contributed by atoms with E-state index in [-0.39, 0.29) is 18.5 Å². The van der Waals surface area contributed by atoms with Crippen molar-refractivity contribution in [2.24, 2.45) is 15.5 Å². The third-order valence-electron chi connectivity index (χ3n) is 5.72. The molecule has 1 aromatic heterocycles. The largest absolute Gasteiger partial charge is 0.790 e. The van der Waals surface area contributed by atoms with Crippen LogP contribution in [0.15, 0.2) is 52.0 Å². The molecule has 1 fully saturated rings. The minimum Gasteiger partial charge on any atom is -0.790 e. The van der Waals surface area contributed by atoms with E-state index in [9.17, 15) is 19.1 Å². The Morgan fingerprint density at radius 2 is 2.08 bits per heavy atom. The fourth-order valence-electron chi connectivity index (χ4n) is 4.00. The second kappa shape index (κ2) is 9.90. The molecule has 3 aliphatic rings. The van der Waals surface area contributed by atoms with E-state index < -0.39 is 38.5 Å². The first-order chi connectivity index (χ1) is 17.2. The number of amides is 1. The molecule has 1 saturated heterocycles. The standard InChI is InChI=1S/C21H22FN6O7P/c22-18-7-14(28-11-16(34-21(28)29)10-27-6-5-24-26-27)2-3-17(18)13-1-4-19(23-9-13)20-8-15(35-25-20)12-33-36(30,31)32/h1-4,7,9,15-16H,5-6,8,10-12H2,(H2,30,31,32)/p-2/t15-,16-/m0/s1. The van der Waals surface area contributed by atoms with Gasteiger partial charge in [0.15, 0.2) is 6.10 Å². The number of phosphoric acid groups is 1. The Morgan fingerprint density at radius 3 is 2.78 bits per heavy atom. The van der Waals surface area contributed by atoms with Crippen molar-refractivity contribution in [3.8, 4) is 11.1 Å². The maximum absolute atomic E-state index is 15.0. The lowest BCUT2D eigenvalue weighted by Gasteiger charge is -2.29. The Bertz CT molecular complexity index is 1250. The van der Waals surface area contributed by atoms with Crippen molar-refractivity contribution in [2.75, 3.05) is 37.7 Å². The van der Waals surface area contributed by atoms with Crippen LogP contribution in [0.1, 0.15) is 12.1 Å². The van der Waals surface area contributed by atoms with Gasteiger partial charge in [-0.3, -0.25) is 14.9 Å². The molecule has 0 bridgehead atoms. The lowest BCUT2D eigenvalue weighted by molar-refractivity contribution is -0.342. The van der Waals surface area contributed by atoms with E-state index in [1.54, 1.807) is 29.3 Å². The normalized spacial score (nSPS) is 21.6. The van der Waals surface area contributed by atoms with Crippen molar-refractivity contribution in [2.45, 2.75) is 18.6 Å². The number of hydrogen-bond acceptors (Lipinski definition) is 12. The lowest BCUT2D eigenvalue weighted by Crippen LogP contribution is -2.31. The number of carbonyl (C=O) groups excluding carboxylic acids is 1. The highest BCUT2D eigenvalue weighted by Gasteiger charge is 2.34. The summed E-state index contributed by atoms with van der Waals surface area (Å²) in [5.74, 6) is -0.537. The van der Waals surface area contributed by atoms with Gasteiger partial charge >= 0.3 is 6.09 Å². The van der Waals surface area contributed by atoms with E-state index in [1.807, 2.05) is 0 Å². The van der Waals surface area contributed by atoms with E-state index in [0.717, 1.165) is 0 Å². The van der Waals surface area contributed by atoms with E-state index in [1.165, 1.54) is 17.2 Å². The highest BCUT2D eigenvalue weighted by molar-refractivity contribution is 7.43. The van der Waals surface area contributed by atoms with Gasteiger partial charge in [0.05, 0.1) is 52.0 Å². The summed E-state index contributed by atoms with van der Waals surface area (Å²) in [5, 5.41) is 13.4. The van der Waals surface area contributed by atoms with Crippen LogP contribution in [0.5, 0.6) is 0 Å². The second-order valence-corrected chi connectivity index (χ2v) is 9.44. The maximum atomic E-state index is 15.0. The first-order valence-corrected chi connectivity index (χ1v) is 12.5. The number of oxime groups is 1. The number of ether oxygens (including phenoxy) is 1. The molecular weight excluding hydrogens is 498 g/mol. The number of hydrogen-bond donors (Lipinski definition) is 0. The Labute approximate surface area is 204 Å². The molecule has 0 saturated carbocycles. The zero-order valence-corrected chi connectivity index (χ0v) is 19.6. The third kappa shape index (κ3) is 5.51. The number of anilines is 1. The van der Waals surface area contributed by atoms with Crippen molar-refractivity contribution in [1.82, 2.24) is 9.99 Å². The van der Waals surface area contributed by atoms with Crippen LogP contribution in [0.2, 0.25) is 0 Å². The van der Waals surface area contributed by atoms with Gasteiger partial charge in [0.25, 0.3) is 0 Å². The number of carbonyl (C=O) groups is 1. The first-order valence-electron chi connectivity index (χ1n) is 11.0. The second-order valence-electron chi connectivity index (χ2n) is 8.29. The van der Waals surface area contributed by atoms with Crippen molar-refractivity contribution in [1.29, 1.82) is 0 Å². The molecule has 4 heterocycles. The summed E-state index contributed by atoms with van der Waals surface area (Å²) in [4.78, 5) is 44.3. The Balaban J connectivity index is 1.22. The zero-order valence-electron chi connectivity index (χ0n) is 18.7. The van der Waals surface area contributed by atoms with Crippen LogP contribution >= 0.6 is 7.82 Å². The summed E-state index contributed by atoms with van der Waals surface area (Å²) in [6, 6.07) is 7.74. The molecule has 36 heavy (non-hydrogen) atoms. The summed E-state index contributed by atoms with van der Waals surface area (Å²) < 4.78 is 35.2. The molecule has 13 nitrogen and oxygen atoms in total. The predicted octanol–water partition coefficient (Wildman–Crippen LogP) is 1.23. The highest BCUT2D eigenvalue weighted by atomic mass is 31.2. The maximum Gasteiger partial charge on any atom is 0.414 e. The number of pyridine rings is 1. The molecule has 15 heteroatoms. The molecule has 0 unspecified atom stereocenters. The average molecular weight is 518 g/mol. The molecular formula is C21H20FN6O7P-2. The van der Waals surface area contributed by atoms with Gasteiger partial charge in [0.2, 0.25) is 0 Å². The van der Waals surface area contributed by atoms with Crippen LogP contribution in [0.3, 0.4) is 0 Å². The molecule has 0 radical (unpaired) electrons. The van der Waals surface area contributed by atoms with E-state index in [4.69, 9.17) is 9.57 Å². The molecule has 5 rings (SSSR count). The lowest BCUT2D eigenvalue weighted by atomic mass is 10.0. The minimum atomic E-state index is -5.10. The molecule has 2 atom stereocenters. The fourth-order valence-corrected chi connectivity index (χ4v) is 4.35. The van der Waals surface area contributed by atoms with Gasteiger partial charge in [-0.1, -0.05) is 16.4 Å². The average Bonchev–Trinajstić information content (AvgIpc) is 3.59. The van der Waals surface area contributed by atoms with Crippen LogP contribution in [0.4, 0.5) is 14.9 Å². The summed E-state index contributed by atoms with van der Waals surface area (Å²) in [6.45, 7) is 1.54. The van der Waals surface area contributed by atoms with Crippen LogP contribution in [0, 0.1) is 5.82 Å². The molecule has 0 N–H and O–H groups in total. The van der Waals surface area contributed by atoms with Crippen molar-refractivity contribution in [3.63, 3.8) is 0 Å². The molecule has 2 aromatic rings. The number of phosphoric ester groups is 1. The predicted molar refractivity (Wildman–Crippen MR) is 118 cm³/mol. The van der Waals surface area contributed by atoms with E-state index >= 15 is 4.39 Å². The summed E-state index contributed by atoms with van der Waals surface area (Å²) >= 11 is 0. The van der Waals surface area contributed by atoms with Crippen molar-refractivity contribution < 1.29 is 37.6 Å². The summed E-state index contributed by atoms with van der Waals surface area (Å²) in [6.07, 6.45) is -0.00488. The van der Waals surface area contributed by atoms with Gasteiger partial charge in [-0.25, -0.2) is 9.18 Å². The number of nitrogens with zero attached hydrogens (tertiary/aromatic N) is 6. The molecule has 0 aliphatic carbocycles. The SMILES string of the molecule is O=C1O[C@@H](CN2CCN=N2)CN1c1ccc(-c2ccc(C3=NO[C@H](COP(=O)([O-])[O-])C3)nc2)c(F)c1. The van der Waals surface area contributed by atoms with Crippen molar-refractivity contribution >= 4 is 25.3 Å². The number of rotatable bonds is 8. The van der Waals surface area contributed by atoms with Gasteiger partial charge in [-0.2, -0.15) is 5.11 Å². The van der Waals surface area contributed by atoms with Crippen LogP contribution < -0.4 is 14.7 Å². The monoisotopic (exact) mass is 518 g/mol. The topological polar surface area (TPSA) is 164 Å². The minimum absolute atomic E-state index is 0.197. The number of aromatic nitrogens is 1. The molecule has 0 spiro atoms. The first kappa shape index (κ1) is 24.3. The molecule has 3 aliphatic heterocycles. The van der Waals surface area contributed by atoms with Gasteiger partial charge in [-0.05, 0) is 24.3 Å². The molecule has 1 amide bonds. The Kier molecular flexibility index (Phi) is 6.67. The quantitative estimate of drug-likeness (QED) is 0.468. The highest BCUT2D eigenvalue weighted by Crippen LogP contribution is 2.30. The summed E-state index contributed by atoms with van der Waals surface area (Å²) in [5.41, 5.74) is 2.06. The van der Waals surface area contributed by atoms with Gasteiger partial charge in [-0.15, -0.1) is 0 Å². The molecule has 190 valence electrons. The number of halogens is 1. The summed E-state index contributed by atoms with van der Waals surface area (Å²) in [7, 11) is -5.10. The zero-order chi connectivity index (χ0) is 25.3. The van der Waals surface area contributed by atoms with Crippen LogP contribution in [0.25, 0.3) is 11.1 Å². The van der Waals surface area contributed by atoms with Crippen molar-refractivity contribution in [3.05, 3.63) is 48.0 Å². The van der Waals surface area contributed by atoms with Gasteiger partial charge in [0, 0.05) is 23.7 Å². The smallest absolute Gasteiger partial charge is 0.414 e.